The Bertz CT molecular complexity index is 542. The number of halogens is 1. The highest BCUT2D eigenvalue weighted by molar-refractivity contribution is 9.10. The topological polar surface area (TPSA) is 36.9 Å². The molecule has 6 heteroatoms. The Kier molecular flexibility index (Phi) is 7.44. The number of ether oxygens (including phenoxy) is 1. The van der Waals surface area contributed by atoms with Crippen LogP contribution in [0.1, 0.15) is 20.3 Å². The monoisotopic (exact) mass is 413 g/mol. The molecule has 4 nitrogen and oxygen atoms in total. The highest BCUT2D eigenvalue weighted by Gasteiger charge is 2.22. The van der Waals surface area contributed by atoms with Gasteiger partial charge in [-0.3, -0.25) is 4.99 Å². The fourth-order valence-electron chi connectivity index (χ4n) is 2.74. The van der Waals surface area contributed by atoms with Crippen molar-refractivity contribution < 1.29 is 4.74 Å². The van der Waals surface area contributed by atoms with Gasteiger partial charge in [0, 0.05) is 53.8 Å². The molecule has 1 fully saturated rings. The Hall–Kier alpha value is -0.720. The molecule has 0 spiro atoms. The molecule has 0 radical (unpaired) electrons. The maximum atomic E-state index is 5.47. The number of hydrogen-bond donors (Lipinski definition) is 1. The fourth-order valence-corrected chi connectivity index (χ4v) is 4.05. The third-order valence-electron chi connectivity index (χ3n) is 4.01. The van der Waals surface area contributed by atoms with Crippen LogP contribution >= 0.6 is 27.7 Å². The zero-order valence-electron chi connectivity index (χ0n) is 15.0. The van der Waals surface area contributed by atoms with Gasteiger partial charge in [-0.1, -0.05) is 15.9 Å². The molecular weight excluding hydrogens is 386 g/mol. The van der Waals surface area contributed by atoms with Crippen LogP contribution in [0.2, 0.25) is 0 Å². The first-order chi connectivity index (χ1) is 11.4. The van der Waals surface area contributed by atoms with Gasteiger partial charge in [0.1, 0.15) is 0 Å². The van der Waals surface area contributed by atoms with Gasteiger partial charge in [0.25, 0.3) is 0 Å². The summed E-state index contributed by atoms with van der Waals surface area (Å²) in [6.45, 7) is 8.11. The summed E-state index contributed by atoms with van der Waals surface area (Å²) in [6, 6.07) is 8.47. The molecule has 0 aliphatic carbocycles. The lowest BCUT2D eigenvalue weighted by atomic mass is 10.1. The summed E-state index contributed by atoms with van der Waals surface area (Å²) < 4.78 is 6.65. The van der Waals surface area contributed by atoms with Crippen LogP contribution in [0.4, 0.5) is 0 Å². The summed E-state index contributed by atoms with van der Waals surface area (Å²) in [5.41, 5.74) is 0. The molecule has 1 atom stereocenters. The normalized spacial score (nSPS) is 18.7. The largest absolute Gasteiger partial charge is 0.381 e. The average molecular weight is 414 g/mol. The number of aliphatic imine (C=N–C) groups is 1. The molecule has 1 heterocycles. The van der Waals surface area contributed by atoms with E-state index in [9.17, 15) is 0 Å². The molecule has 1 N–H and O–H groups in total. The Morgan fingerprint density at radius 2 is 2.12 bits per heavy atom. The summed E-state index contributed by atoms with van der Waals surface area (Å²) in [4.78, 5) is 7.91. The van der Waals surface area contributed by atoms with E-state index in [1.54, 1.807) is 0 Å². The smallest absolute Gasteiger partial charge is 0.193 e. The molecule has 0 saturated carbocycles. The minimum Gasteiger partial charge on any atom is -0.381 e. The van der Waals surface area contributed by atoms with E-state index in [1.165, 1.54) is 4.90 Å². The van der Waals surface area contributed by atoms with Crippen molar-refractivity contribution in [3.05, 3.63) is 28.7 Å². The molecule has 0 bridgehead atoms. The van der Waals surface area contributed by atoms with E-state index < -0.39 is 0 Å². The molecule has 1 aliphatic rings. The zero-order valence-corrected chi connectivity index (χ0v) is 17.4. The third-order valence-corrected chi connectivity index (χ3v) is 5.74. The standard InChI is InChI=1S/C18H28BrN3OS/c1-18(2,24-16-7-5-15(19)6-8-16)13-21-17(20-3)22(4)11-14-9-10-23-12-14/h5-8,14H,9-13H2,1-4H3,(H,20,21). The quantitative estimate of drug-likeness (QED) is 0.436. The van der Waals surface area contributed by atoms with Gasteiger partial charge >= 0.3 is 0 Å². The molecule has 1 aromatic carbocycles. The van der Waals surface area contributed by atoms with Crippen molar-refractivity contribution in [2.45, 2.75) is 29.9 Å². The predicted molar refractivity (Wildman–Crippen MR) is 107 cm³/mol. The van der Waals surface area contributed by atoms with Crippen molar-refractivity contribution in [1.82, 2.24) is 10.2 Å². The first kappa shape index (κ1) is 19.6. The number of nitrogens with one attached hydrogen (secondary N) is 1. The molecule has 1 saturated heterocycles. The molecule has 0 amide bonds. The van der Waals surface area contributed by atoms with Crippen LogP contribution in [0.3, 0.4) is 0 Å². The number of benzene rings is 1. The predicted octanol–water partition coefficient (Wildman–Crippen LogP) is 3.86. The molecule has 24 heavy (non-hydrogen) atoms. The lowest BCUT2D eigenvalue weighted by Crippen LogP contribution is -2.45. The second-order valence-corrected chi connectivity index (χ2v) is 9.52. The first-order valence-electron chi connectivity index (χ1n) is 8.34. The van der Waals surface area contributed by atoms with Crippen LogP contribution in [0.15, 0.2) is 38.6 Å². The Morgan fingerprint density at radius 1 is 1.42 bits per heavy atom. The van der Waals surface area contributed by atoms with Crippen LogP contribution in [0.5, 0.6) is 0 Å². The van der Waals surface area contributed by atoms with Gasteiger partial charge in [0.15, 0.2) is 5.96 Å². The van der Waals surface area contributed by atoms with Gasteiger partial charge in [0.05, 0.1) is 6.61 Å². The van der Waals surface area contributed by atoms with Crippen molar-refractivity contribution in [2.24, 2.45) is 10.9 Å². The molecule has 134 valence electrons. The molecule has 2 rings (SSSR count). The minimum absolute atomic E-state index is 0.0705. The van der Waals surface area contributed by atoms with E-state index in [4.69, 9.17) is 4.74 Å². The highest BCUT2D eigenvalue weighted by Crippen LogP contribution is 2.32. The summed E-state index contributed by atoms with van der Waals surface area (Å²) in [6.07, 6.45) is 1.15. The second-order valence-electron chi connectivity index (χ2n) is 6.83. The average Bonchev–Trinajstić information content (AvgIpc) is 3.03. The van der Waals surface area contributed by atoms with Crippen LogP contribution in [0, 0.1) is 5.92 Å². The van der Waals surface area contributed by atoms with Gasteiger partial charge in [-0.25, -0.2) is 0 Å². The maximum absolute atomic E-state index is 5.47. The Labute approximate surface area is 158 Å². The number of thioether (sulfide) groups is 1. The number of guanidine groups is 1. The third kappa shape index (κ3) is 6.30. The van der Waals surface area contributed by atoms with Gasteiger partial charge < -0.3 is 15.0 Å². The number of nitrogens with zero attached hydrogens (tertiary/aromatic N) is 2. The van der Waals surface area contributed by atoms with Crippen molar-refractivity contribution in [3.8, 4) is 0 Å². The summed E-state index contributed by atoms with van der Waals surface area (Å²) in [7, 11) is 3.95. The van der Waals surface area contributed by atoms with E-state index >= 15 is 0 Å². The van der Waals surface area contributed by atoms with Crippen LogP contribution < -0.4 is 5.32 Å². The molecule has 1 aliphatic heterocycles. The number of rotatable bonds is 6. The summed E-state index contributed by atoms with van der Waals surface area (Å²) >= 11 is 5.36. The van der Waals surface area contributed by atoms with Crippen molar-refractivity contribution in [2.75, 3.05) is 40.4 Å². The van der Waals surface area contributed by atoms with E-state index in [-0.39, 0.29) is 4.75 Å². The van der Waals surface area contributed by atoms with Crippen molar-refractivity contribution in [1.29, 1.82) is 0 Å². The van der Waals surface area contributed by atoms with E-state index in [0.29, 0.717) is 5.92 Å². The van der Waals surface area contributed by atoms with Crippen LogP contribution in [-0.2, 0) is 4.74 Å². The SMILES string of the molecule is CN=C(NCC(C)(C)Sc1ccc(Br)cc1)N(C)CC1CCOC1. The first-order valence-corrected chi connectivity index (χ1v) is 9.95. The van der Waals surface area contributed by atoms with Gasteiger partial charge in [-0.2, -0.15) is 0 Å². The zero-order chi connectivity index (χ0) is 17.6. The Morgan fingerprint density at radius 3 is 2.71 bits per heavy atom. The van der Waals surface area contributed by atoms with Crippen LogP contribution in [-0.4, -0.2) is 56.0 Å². The van der Waals surface area contributed by atoms with Gasteiger partial charge in [0.2, 0.25) is 0 Å². The highest BCUT2D eigenvalue weighted by atomic mass is 79.9. The van der Waals surface area contributed by atoms with Gasteiger partial charge in [-0.05, 0) is 44.5 Å². The molecular formula is C18H28BrN3OS. The summed E-state index contributed by atoms with van der Waals surface area (Å²) in [5.74, 6) is 1.56. The molecule has 1 aromatic rings. The summed E-state index contributed by atoms with van der Waals surface area (Å²) in [5, 5.41) is 3.52. The van der Waals surface area contributed by atoms with E-state index in [2.05, 4.69) is 76.3 Å². The van der Waals surface area contributed by atoms with Crippen LogP contribution in [0.25, 0.3) is 0 Å². The number of hydrogen-bond acceptors (Lipinski definition) is 3. The second kappa shape index (κ2) is 9.11. The lowest BCUT2D eigenvalue weighted by Gasteiger charge is -2.29. The van der Waals surface area contributed by atoms with E-state index in [1.807, 2.05) is 18.8 Å². The van der Waals surface area contributed by atoms with Crippen molar-refractivity contribution >= 4 is 33.7 Å². The van der Waals surface area contributed by atoms with Crippen molar-refractivity contribution in [3.63, 3.8) is 0 Å². The van der Waals surface area contributed by atoms with E-state index in [0.717, 1.165) is 43.2 Å². The molecule has 1 unspecified atom stereocenters. The fraction of sp³-hybridized carbons (Fsp3) is 0.611. The molecule has 0 aromatic heterocycles. The Balaban J connectivity index is 1.85. The van der Waals surface area contributed by atoms with Gasteiger partial charge in [-0.15, -0.1) is 11.8 Å². The maximum Gasteiger partial charge on any atom is 0.193 e. The minimum atomic E-state index is 0.0705. The lowest BCUT2D eigenvalue weighted by molar-refractivity contribution is 0.181.